The molecule has 0 radical (unpaired) electrons. The third kappa shape index (κ3) is 3.89. The topological polar surface area (TPSA) is 121 Å². The predicted molar refractivity (Wildman–Crippen MR) is 81.9 cm³/mol. The molecule has 23 heavy (non-hydrogen) atoms. The molecular weight excluding hydrogens is 344 g/mol. The molecule has 8 nitrogen and oxygen atoms in total. The van der Waals surface area contributed by atoms with Gasteiger partial charge in [0.2, 0.25) is 20.0 Å². The van der Waals surface area contributed by atoms with E-state index in [2.05, 4.69) is 0 Å². The molecule has 1 atom stereocenters. The normalized spacial score (nSPS) is 18.0. The molecule has 0 amide bonds. The van der Waals surface area contributed by atoms with E-state index in [-0.39, 0.29) is 9.79 Å². The van der Waals surface area contributed by atoms with Crippen molar-refractivity contribution in [3.8, 4) is 0 Å². The van der Waals surface area contributed by atoms with Crippen LogP contribution in [-0.2, 0) is 24.8 Å². The number of nitrogens with zero attached hydrogens (tertiary/aromatic N) is 1. The average Bonchev–Trinajstić information content (AvgIpc) is 3.01. The Morgan fingerprint density at radius 2 is 1.57 bits per heavy atom. The third-order valence-electron chi connectivity index (χ3n) is 3.54. The van der Waals surface area contributed by atoms with Crippen molar-refractivity contribution in [1.29, 1.82) is 0 Å². The zero-order valence-electron chi connectivity index (χ0n) is 12.5. The zero-order chi connectivity index (χ0) is 17.3. The first-order valence-electron chi connectivity index (χ1n) is 7.00. The van der Waals surface area contributed by atoms with Crippen LogP contribution >= 0.6 is 0 Å². The molecule has 10 heteroatoms. The van der Waals surface area contributed by atoms with E-state index >= 15 is 0 Å². The lowest BCUT2D eigenvalue weighted by Gasteiger charge is -2.16. The highest BCUT2D eigenvalue weighted by Gasteiger charge is 2.28. The van der Waals surface area contributed by atoms with Crippen molar-refractivity contribution in [2.75, 3.05) is 13.1 Å². The van der Waals surface area contributed by atoms with Gasteiger partial charge in [-0.05, 0) is 44.0 Å². The summed E-state index contributed by atoms with van der Waals surface area (Å²) in [7, 11) is -7.64. The molecule has 1 aliphatic heterocycles. The molecule has 2 rings (SSSR count). The summed E-state index contributed by atoms with van der Waals surface area (Å²) in [6, 6.07) is 3.45. The molecule has 1 aliphatic rings. The van der Waals surface area contributed by atoms with E-state index in [1.54, 1.807) is 0 Å². The molecule has 0 aliphatic carbocycles. The molecule has 1 fully saturated rings. The van der Waals surface area contributed by atoms with Gasteiger partial charge in [0.25, 0.3) is 0 Å². The molecule has 1 heterocycles. The summed E-state index contributed by atoms with van der Waals surface area (Å²) in [4.78, 5) is 10.6. The summed E-state index contributed by atoms with van der Waals surface area (Å²) in [6.07, 6.45) is 1.62. The summed E-state index contributed by atoms with van der Waals surface area (Å²) in [5, 5.41) is 8.75. The number of aliphatic carboxylic acids is 1. The van der Waals surface area contributed by atoms with Crippen molar-refractivity contribution in [1.82, 2.24) is 9.03 Å². The lowest BCUT2D eigenvalue weighted by Crippen LogP contribution is -2.38. The fourth-order valence-electron chi connectivity index (χ4n) is 2.22. The molecule has 1 saturated heterocycles. The summed E-state index contributed by atoms with van der Waals surface area (Å²) < 4.78 is 52.1. The van der Waals surface area contributed by atoms with E-state index in [9.17, 15) is 21.6 Å². The summed E-state index contributed by atoms with van der Waals surface area (Å²) in [6.45, 7) is 2.12. The molecule has 0 spiro atoms. The Morgan fingerprint density at radius 3 is 2.04 bits per heavy atom. The predicted octanol–water partition coefficient (Wildman–Crippen LogP) is 0.222. The third-order valence-corrected chi connectivity index (χ3v) is 7.01. The smallest absolute Gasteiger partial charge is 0.321 e. The summed E-state index contributed by atoms with van der Waals surface area (Å²) in [5.41, 5.74) is 0. The SMILES string of the molecule is CC(NS(=O)(=O)c1ccc(S(=O)(=O)N2CCCC2)cc1)C(=O)O. The number of rotatable bonds is 6. The van der Waals surface area contributed by atoms with E-state index in [0.717, 1.165) is 25.0 Å². The van der Waals surface area contributed by atoms with Crippen LogP contribution in [0.4, 0.5) is 0 Å². The van der Waals surface area contributed by atoms with Crippen LogP contribution in [0.15, 0.2) is 34.1 Å². The molecule has 0 bridgehead atoms. The quantitative estimate of drug-likeness (QED) is 0.747. The number of nitrogens with one attached hydrogen (secondary N) is 1. The number of sulfonamides is 2. The highest BCUT2D eigenvalue weighted by atomic mass is 32.2. The van der Waals surface area contributed by atoms with Crippen LogP contribution in [0.1, 0.15) is 19.8 Å². The van der Waals surface area contributed by atoms with Crippen LogP contribution in [0.3, 0.4) is 0 Å². The van der Waals surface area contributed by atoms with Gasteiger partial charge in [-0.15, -0.1) is 0 Å². The minimum atomic E-state index is -4.03. The number of carboxylic acid groups (broad SMARTS) is 1. The number of hydrogen-bond donors (Lipinski definition) is 2. The first-order valence-corrected chi connectivity index (χ1v) is 9.92. The van der Waals surface area contributed by atoms with Gasteiger partial charge in [-0.25, -0.2) is 16.8 Å². The largest absolute Gasteiger partial charge is 0.480 e. The number of hydrogen-bond acceptors (Lipinski definition) is 5. The van der Waals surface area contributed by atoms with Gasteiger partial charge in [-0.1, -0.05) is 0 Å². The van der Waals surface area contributed by atoms with E-state index in [4.69, 9.17) is 5.11 Å². The standard InChI is InChI=1S/C13H18N2O6S2/c1-10(13(16)17)14-22(18,19)11-4-6-12(7-5-11)23(20,21)15-8-2-3-9-15/h4-7,10,14H,2-3,8-9H2,1H3,(H,16,17). The van der Waals surface area contributed by atoms with Crippen molar-refractivity contribution in [3.05, 3.63) is 24.3 Å². The van der Waals surface area contributed by atoms with Crippen LogP contribution in [0.2, 0.25) is 0 Å². The maximum atomic E-state index is 12.3. The average molecular weight is 362 g/mol. The molecular formula is C13H18N2O6S2. The molecule has 1 aromatic carbocycles. The lowest BCUT2D eigenvalue weighted by atomic mass is 10.4. The molecule has 2 N–H and O–H groups in total. The maximum absolute atomic E-state index is 12.3. The van der Waals surface area contributed by atoms with Crippen LogP contribution in [-0.4, -0.2) is 51.3 Å². The van der Waals surface area contributed by atoms with E-state index in [0.29, 0.717) is 13.1 Å². The lowest BCUT2D eigenvalue weighted by molar-refractivity contribution is -0.138. The molecule has 1 unspecified atom stereocenters. The first-order chi connectivity index (χ1) is 10.6. The van der Waals surface area contributed by atoms with Gasteiger partial charge in [0.1, 0.15) is 6.04 Å². The van der Waals surface area contributed by atoms with Crippen LogP contribution in [0.25, 0.3) is 0 Å². The second kappa shape index (κ2) is 6.56. The van der Waals surface area contributed by atoms with Crippen LogP contribution in [0.5, 0.6) is 0 Å². The fourth-order valence-corrected chi connectivity index (χ4v) is 4.93. The Morgan fingerprint density at radius 1 is 1.09 bits per heavy atom. The number of carboxylic acids is 1. The molecule has 0 aromatic heterocycles. The molecule has 1 aromatic rings. The Bertz CT molecular complexity index is 780. The van der Waals surface area contributed by atoms with E-state index < -0.39 is 32.1 Å². The monoisotopic (exact) mass is 362 g/mol. The summed E-state index contributed by atoms with van der Waals surface area (Å²) >= 11 is 0. The van der Waals surface area contributed by atoms with Gasteiger partial charge >= 0.3 is 5.97 Å². The van der Waals surface area contributed by atoms with Gasteiger partial charge in [-0.3, -0.25) is 4.79 Å². The summed E-state index contributed by atoms with van der Waals surface area (Å²) in [5.74, 6) is -1.30. The molecule has 128 valence electrons. The zero-order valence-corrected chi connectivity index (χ0v) is 14.1. The highest BCUT2D eigenvalue weighted by Crippen LogP contribution is 2.22. The molecule has 0 saturated carbocycles. The second-order valence-corrected chi connectivity index (χ2v) is 8.92. The first kappa shape index (κ1) is 17.9. The van der Waals surface area contributed by atoms with Gasteiger partial charge in [-0.2, -0.15) is 9.03 Å². The van der Waals surface area contributed by atoms with E-state index in [1.807, 2.05) is 4.72 Å². The van der Waals surface area contributed by atoms with Crippen molar-refractivity contribution in [2.45, 2.75) is 35.6 Å². The second-order valence-electron chi connectivity index (χ2n) is 5.26. The maximum Gasteiger partial charge on any atom is 0.321 e. The minimum Gasteiger partial charge on any atom is -0.480 e. The fraction of sp³-hybridized carbons (Fsp3) is 0.462. The van der Waals surface area contributed by atoms with Crippen LogP contribution in [0, 0.1) is 0 Å². The van der Waals surface area contributed by atoms with Gasteiger partial charge in [0.05, 0.1) is 9.79 Å². The Balaban J connectivity index is 2.24. The number of benzene rings is 1. The Kier molecular flexibility index (Phi) is 5.09. The van der Waals surface area contributed by atoms with Gasteiger partial charge in [0.15, 0.2) is 0 Å². The van der Waals surface area contributed by atoms with Crippen LogP contribution < -0.4 is 4.72 Å². The van der Waals surface area contributed by atoms with Crippen molar-refractivity contribution >= 4 is 26.0 Å². The van der Waals surface area contributed by atoms with Crippen molar-refractivity contribution in [2.24, 2.45) is 0 Å². The van der Waals surface area contributed by atoms with Crippen molar-refractivity contribution < 1.29 is 26.7 Å². The minimum absolute atomic E-state index is 0.0182. The Hall–Kier alpha value is -1.49. The van der Waals surface area contributed by atoms with Gasteiger partial charge in [0, 0.05) is 13.1 Å². The number of carbonyl (C=O) groups is 1. The highest BCUT2D eigenvalue weighted by molar-refractivity contribution is 7.89. The van der Waals surface area contributed by atoms with Gasteiger partial charge < -0.3 is 5.11 Å². The van der Waals surface area contributed by atoms with E-state index in [1.165, 1.54) is 23.4 Å². The van der Waals surface area contributed by atoms with Crippen molar-refractivity contribution in [3.63, 3.8) is 0 Å². The Labute approximate surface area is 135 Å².